The second-order valence-electron chi connectivity index (χ2n) is 6.64. The molecule has 2 aromatic rings. The fourth-order valence-corrected chi connectivity index (χ4v) is 3.20. The molecule has 3 rings (SSSR count). The highest BCUT2D eigenvalue weighted by molar-refractivity contribution is 5.76. The molecule has 1 aromatic heterocycles. The Bertz CT molecular complexity index is 681. The van der Waals surface area contributed by atoms with E-state index in [1.165, 1.54) is 5.56 Å². The normalized spacial score (nSPS) is 16.7. The summed E-state index contributed by atoms with van der Waals surface area (Å²) >= 11 is 0. The second kappa shape index (κ2) is 9.48. The third-order valence-electron chi connectivity index (χ3n) is 4.71. The highest BCUT2D eigenvalue weighted by atomic mass is 16.5. The minimum absolute atomic E-state index is 0.118. The van der Waals surface area contributed by atoms with E-state index < -0.39 is 0 Å². The first-order chi connectivity index (χ1) is 12.7. The molecule has 0 aliphatic carbocycles. The molecule has 0 bridgehead atoms. The van der Waals surface area contributed by atoms with Crippen LogP contribution >= 0.6 is 0 Å². The van der Waals surface area contributed by atoms with Gasteiger partial charge in [0.15, 0.2) is 0 Å². The van der Waals surface area contributed by atoms with E-state index in [2.05, 4.69) is 22.3 Å². The summed E-state index contributed by atoms with van der Waals surface area (Å²) in [5, 5.41) is 8.17. The zero-order valence-corrected chi connectivity index (χ0v) is 15.4. The number of ether oxygens (including phenoxy) is 1. The van der Waals surface area contributed by atoms with Gasteiger partial charge in [0.1, 0.15) is 0 Å². The Balaban J connectivity index is 1.43. The van der Waals surface area contributed by atoms with Gasteiger partial charge in [-0.05, 0) is 31.7 Å². The molecule has 1 saturated heterocycles. The molecule has 1 aliphatic heterocycles. The summed E-state index contributed by atoms with van der Waals surface area (Å²) in [6, 6.07) is 10.2. The van der Waals surface area contributed by atoms with E-state index in [0.29, 0.717) is 44.1 Å². The van der Waals surface area contributed by atoms with Crippen LogP contribution in [0.1, 0.15) is 43.5 Å². The van der Waals surface area contributed by atoms with Crippen molar-refractivity contribution in [3.63, 3.8) is 0 Å². The van der Waals surface area contributed by atoms with Crippen LogP contribution < -0.4 is 0 Å². The molecule has 2 heterocycles. The van der Waals surface area contributed by atoms with Crippen molar-refractivity contribution < 1.29 is 13.9 Å². The van der Waals surface area contributed by atoms with Gasteiger partial charge in [0, 0.05) is 39.0 Å². The van der Waals surface area contributed by atoms with E-state index in [0.717, 1.165) is 25.9 Å². The summed E-state index contributed by atoms with van der Waals surface area (Å²) < 4.78 is 11.3. The number of aryl methyl sites for hydroxylation is 3. The number of rotatable bonds is 9. The van der Waals surface area contributed by atoms with Gasteiger partial charge in [-0.2, -0.15) is 0 Å². The van der Waals surface area contributed by atoms with E-state index in [1.54, 1.807) is 0 Å². The van der Waals surface area contributed by atoms with Gasteiger partial charge in [-0.1, -0.05) is 30.3 Å². The molecule has 0 radical (unpaired) electrons. The third kappa shape index (κ3) is 5.39. The summed E-state index contributed by atoms with van der Waals surface area (Å²) in [5.41, 5.74) is 1.25. The number of benzene rings is 1. The summed E-state index contributed by atoms with van der Waals surface area (Å²) in [7, 11) is 0. The molecule has 6 heteroatoms. The van der Waals surface area contributed by atoms with Crippen molar-refractivity contribution in [3.8, 4) is 0 Å². The van der Waals surface area contributed by atoms with Crippen molar-refractivity contribution in [1.29, 1.82) is 0 Å². The van der Waals surface area contributed by atoms with Gasteiger partial charge in [-0.25, -0.2) is 0 Å². The summed E-state index contributed by atoms with van der Waals surface area (Å²) in [6.07, 6.45) is 4.77. The highest BCUT2D eigenvalue weighted by Crippen LogP contribution is 2.14. The van der Waals surface area contributed by atoms with Gasteiger partial charge < -0.3 is 14.1 Å². The Morgan fingerprint density at radius 1 is 1.15 bits per heavy atom. The van der Waals surface area contributed by atoms with Crippen molar-refractivity contribution in [2.24, 2.45) is 0 Å². The molecule has 6 nitrogen and oxygen atoms in total. The second-order valence-corrected chi connectivity index (χ2v) is 6.64. The van der Waals surface area contributed by atoms with Gasteiger partial charge in [-0.15, -0.1) is 10.2 Å². The summed E-state index contributed by atoms with van der Waals surface area (Å²) in [5.74, 6) is 1.28. The lowest BCUT2D eigenvalue weighted by Gasteiger charge is -2.23. The van der Waals surface area contributed by atoms with Crippen molar-refractivity contribution in [2.45, 2.75) is 51.6 Å². The molecule has 0 spiro atoms. The predicted molar refractivity (Wildman–Crippen MR) is 97.7 cm³/mol. The van der Waals surface area contributed by atoms with Crippen LogP contribution in [0.5, 0.6) is 0 Å². The van der Waals surface area contributed by atoms with E-state index >= 15 is 0 Å². The Hall–Kier alpha value is -2.21. The van der Waals surface area contributed by atoms with Crippen molar-refractivity contribution in [2.75, 3.05) is 19.7 Å². The monoisotopic (exact) mass is 357 g/mol. The predicted octanol–water partition coefficient (Wildman–Crippen LogP) is 2.81. The third-order valence-corrected chi connectivity index (χ3v) is 4.71. The number of likely N-dealkylation sites (N-methyl/N-ethyl adjacent to an activating group) is 1. The fourth-order valence-electron chi connectivity index (χ4n) is 3.20. The minimum atomic E-state index is 0.118. The molecular formula is C20H27N3O3. The van der Waals surface area contributed by atoms with Crippen LogP contribution in [-0.4, -0.2) is 46.8 Å². The smallest absolute Gasteiger partial charge is 0.223 e. The molecular weight excluding hydrogens is 330 g/mol. The molecule has 1 aromatic carbocycles. The lowest BCUT2D eigenvalue weighted by molar-refractivity contribution is -0.132. The van der Waals surface area contributed by atoms with Crippen LogP contribution in [0.4, 0.5) is 0 Å². The Morgan fingerprint density at radius 2 is 1.92 bits per heavy atom. The van der Waals surface area contributed by atoms with Gasteiger partial charge in [0.05, 0.1) is 6.10 Å². The molecule has 1 atom stereocenters. The maximum Gasteiger partial charge on any atom is 0.223 e. The van der Waals surface area contributed by atoms with Crippen molar-refractivity contribution >= 4 is 5.91 Å². The van der Waals surface area contributed by atoms with Crippen LogP contribution in [0.3, 0.4) is 0 Å². The van der Waals surface area contributed by atoms with E-state index in [1.807, 2.05) is 30.0 Å². The summed E-state index contributed by atoms with van der Waals surface area (Å²) in [4.78, 5) is 14.3. The average molecular weight is 357 g/mol. The standard InChI is InChI=1S/C20H27N3O3/c1-2-23(15-17-9-6-14-25-17)20(24)13-12-19-22-21-18(26-19)11-10-16-7-4-3-5-8-16/h3-5,7-8,17H,2,6,9-15H2,1H3. The largest absolute Gasteiger partial charge is 0.425 e. The first kappa shape index (κ1) is 18.6. The molecule has 1 aliphatic rings. The number of carbonyl (C=O) groups is 1. The number of hydrogen-bond acceptors (Lipinski definition) is 5. The number of aromatic nitrogens is 2. The Kier molecular flexibility index (Phi) is 6.77. The first-order valence-corrected chi connectivity index (χ1v) is 9.49. The van der Waals surface area contributed by atoms with Gasteiger partial charge in [0.25, 0.3) is 0 Å². The maximum atomic E-state index is 12.4. The van der Waals surface area contributed by atoms with Crippen LogP contribution in [0.25, 0.3) is 0 Å². The highest BCUT2D eigenvalue weighted by Gasteiger charge is 2.21. The van der Waals surface area contributed by atoms with Gasteiger partial charge >= 0.3 is 0 Å². The van der Waals surface area contributed by atoms with Gasteiger partial charge in [-0.3, -0.25) is 4.79 Å². The van der Waals surface area contributed by atoms with Crippen LogP contribution in [0.15, 0.2) is 34.7 Å². The average Bonchev–Trinajstić information content (AvgIpc) is 3.35. The number of hydrogen-bond donors (Lipinski definition) is 0. The number of nitrogens with zero attached hydrogens (tertiary/aromatic N) is 3. The molecule has 0 saturated carbocycles. The van der Waals surface area contributed by atoms with E-state index in [9.17, 15) is 4.79 Å². The zero-order valence-electron chi connectivity index (χ0n) is 15.4. The van der Waals surface area contributed by atoms with Crippen molar-refractivity contribution in [1.82, 2.24) is 15.1 Å². The topological polar surface area (TPSA) is 68.5 Å². The van der Waals surface area contributed by atoms with Crippen LogP contribution in [-0.2, 0) is 28.8 Å². The molecule has 26 heavy (non-hydrogen) atoms. The summed E-state index contributed by atoms with van der Waals surface area (Å²) in [6.45, 7) is 4.19. The Morgan fingerprint density at radius 3 is 2.62 bits per heavy atom. The van der Waals surface area contributed by atoms with Crippen molar-refractivity contribution in [3.05, 3.63) is 47.7 Å². The van der Waals surface area contributed by atoms with Gasteiger partial charge in [0.2, 0.25) is 17.7 Å². The molecule has 1 unspecified atom stereocenters. The number of carbonyl (C=O) groups excluding carboxylic acids is 1. The first-order valence-electron chi connectivity index (χ1n) is 9.49. The maximum absolute atomic E-state index is 12.4. The Labute approximate surface area is 154 Å². The fraction of sp³-hybridized carbons (Fsp3) is 0.550. The minimum Gasteiger partial charge on any atom is -0.425 e. The number of amides is 1. The quantitative estimate of drug-likeness (QED) is 0.690. The van der Waals surface area contributed by atoms with E-state index in [-0.39, 0.29) is 12.0 Å². The lowest BCUT2D eigenvalue weighted by atomic mass is 10.1. The lowest BCUT2D eigenvalue weighted by Crippen LogP contribution is -2.37. The zero-order chi connectivity index (χ0) is 18.2. The van der Waals surface area contributed by atoms with Crippen LogP contribution in [0, 0.1) is 0 Å². The molecule has 1 amide bonds. The van der Waals surface area contributed by atoms with Crippen LogP contribution in [0.2, 0.25) is 0 Å². The molecule has 140 valence electrons. The molecule has 0 N–H and O–H groups in total. The SMILES string of the molecule is CCN(CC1CCCO1)C(=O)CCc1nnc(CCc2ccccc2)o1. The molecule has 1 fully saturated rings. The van der Waals surface area contributed by atoms with E-state index in [4.69, 9.17) is 9.15 Å².